The molecule has 6 heteroatoms. The normalized spacial score (nSPS) is 24.2. The number of halogens is 2. The fraction of sp³-hybridized carbons (Fsp3) is 0.533. The number of aryl methyl sites for hydroxylation is 1. The smallest absolute Gasteiger partial charge is 0.229 e. The molecule has 0 spiro atoms. The predicted octanol–water partition coefficient (Wildman–Crippen LogP) is 2.43. The summed E-state index contributed by atoms with van der Waals surface area (Å²) in [6, 6.07) is 7.54. The Balaban J connectivity index is 1.73. The van der Waals surface area contributed by atoms with E-state index in [-0.39, 0.29) is 19.1 Å². The molecule has 1 aliphatic carbocycles. The molecule has 1 aromatic carbocycles. The molecule has 0 radical (unpaired) electrons. The van der Waals surface area contributed by atoms with E-state index in [2.05, 4.69) is 5.32 Å². The second-order valence-electron chi connectivity index (χ2n) is 5.70. The molecule has 1 fully saturated rings. The molecule has 0 aliphatic heterocycles. The molecule has 1 aromatic rings. The molecule has 4 nitrogen and oxygen atoms in total. The van der Waals surface area contributed by atoms with E-state index in [0.29, 0.717) is 12.2 Å². The predicted molar refractivity (Wildman–Crippen MR) is 82.9 cm³/mol. The van der Waals surface area contributed by atoms with Crippen molar-refractivity contribution < 1.29 is 14.6 Å². The highest BCUT2D eigenvalue weighted by Gasteiger charge is 2.67. The number of alkyl halides is 2. The van der Waals surface area contributed by atoms with Gasteiger partial charge in [0, 0.05) is 6.54 Å². The van der Waals surface area contributed by atoms with Crippen LogP contribution in [0.1, 0.15) is 18.9 Å². The first kappa shape index (κ1) is 16.4. The van der Waals surface area contributed by atoms with Crippen LogP contribution in [0.25, 0.3) is 0 Å². The highest BCUT2D eigenvalue weighted by atomic mass is 35.5. The van der Waals surface area contributed by atoms with Crippen molar-refractivity contribution in [1.29, 1.82) is 0 Å². The summed E-state index contributed by atoms with van der Waals surface area (Å²) in [7, 11) is 0. The Hall–Kier alpha value is -0.970. The lowest BCUT2D eigenvalue weighted by Crippen LogP contribution is -2.40. The second-order valence-corrected chi connectivity index (χ2v) is 7.19. The first-order valence-electron chi connectivity index (χ1n) is 6.78. The minimum absolute atomic E-state index is 0.101. The molecule has 2 N–H and O–H groups in total. The average molecular weight is 332 g/mol. The summed E-state index contributed by atoms with van der Waals surface area (Å²) >= 11 is 11.9. The third kappa shape index (κ3) is 3.82. The Morgan fingerprint density at radius 3 is 2.76 bits per heavy atom. The zero-order valence-corrected chi connectivity index (χ0v) is 13.5. The fourth-order valence-electron chi connectivity index (χ4n) is 2.01. The summed E-state index contributed by atoms with van der Waals surface area (Å²) in [6.45, 7) is 3.87. The number of benzene rings is 1. The Kier molecular flexibility index (Phi) is 4.71. The van der Waals surface area contributed by atoms with E-state index < -0.39 is 15.9 Å². The van der Waals surface area contributed by atoms with E-state index in [0.717, 1.165) is 5.56 Å². The van der Waals surface area contributed by atoms with Crippen molar-refractivity contribution in [2.75, 3.05) is 13.2 Å². The molecule has 1 aliphatic rings. The van der Waals surface area contributed by atoms with Crippen LogP contribution in [-0.2, 0) is 4.79 Å². The van der Waals surface area contributed by atoms with Gasteiger partial charge in [0.1, 0.15) is 22.8 Å². The molecular weight excluding hydrogens is 313 g/mol. The number of rotatable bonds is 6. The number of ether oxygens (including phenoxy) is 1. The number of carbonyl (C=O) groups is 1. The van der Waals surface area contributed by atoms with Gasteiger partial charge in [0.05, 0.1) is 5.41 Å². The van der Waals surface area contributed by atoms with Gasteiger partial charge < -0.3 is 15.2 Å². The molecule has 116 valence electrons. The van der Waals surface area contributed by atoms with Crippen LogP contribution in [0.5, 0.6) is 5.75 Å². The number of aliphatic hydroxyl groups excluding tert-OH is 1. The first-order chi connectivity index (χ1) is 9.74. The minimum Gasteiger partial charge on any atom is -0.491 e. The third-order valence-electron chi connectivity index (χ3n) is 3.69. The second kappa shape index (κ2) is 6.03. The summed E-state index contributed by atoms with van der Waals surface area (Å²) in [5, 5.41) is 12.5. The number of hydrogen-bond acceptors (Lipinski definition) is 3. The van der Waals surface area contributed by atoms with Crippen LogP contribution in [-0.4, -0.2) is 34.6 Å². The Labute approximate surface area is 134 Å². The van der Waals surface area contributed by atoms with Crippen molar-refractivity contribution in [3.8, 4) is 5.75 Å². The lowest BCUT2D eigenvalue weighted by Gasteiger charge is -2.16. The summed E-state index contributed by atoms with van der Waals surface area (Å²) < 4.78 is 4.47. The summed E-state index contributed by atoms with van der Waals surface area (Å²) in [5.41, 5.74) is 0.310. The van der Waals surface area contributed by atoms with Crippen LogP contribution in [0.2, 0.25) is 0 Å². The summed E-state index contributed by atoms with van der Waals surface area (Å²) in [6.07, 6.45) is -0.373. The number of hydrogen-bond donors (Lipinski definition) is 2. The van der Waals surface area contributed by atoms with Crippen molar-refractivity contribution in [2.24, 2.45) is 5.41 Å². The van der Waals surface area contributed by atoms with Gasteiger partial charge >= 0.3 is 0 Å². The molecular formula is C15H19Cl2NO3. The lowest BCUT2D eigenvalue weighted by atomic mass is 10.1. The van der Waals surface area contributed by atoms with E-state index in [1.165, 1.54) is 0 Å². The van der Waals surface area contributed by atoms with Gasteiger partial charge in [-0.25, -0.2) is 0 Å². The van der Waals surface area contributed by atoms with Crippen LogP contribution in [0.4, 0.5) is 0 Å². The monoisotopic (exact) mass is 331 g/mol. The van der Waals surface area contributed by atoms with E-state index in [1.807, 2.05) is 31.2 Å². The Bertz CT molecular complexity index is 535. The van der Waals surface area contributed by atoms with Gasteiger partial charge in [0.15, 0.2) is 0 Å². The van der Waals surface area contributed by atoms with E-state index in [1.54, 1.807) is 6.92 Å². The minimum atomic E-state index is -1.000. The quantitative estimate of drug-likeness (QED) is 0.787. The molecule has 0 bridgehead atoms. The van der Waals surface area contributed by atoms with Crippen molar-refractivity contribution in [3.05, 3.63) is 29.8 Å². The maximum Gasteiger partial charge on any atom is 0.229 e. The fourth-order valence-corrected chi connectivity index (χ4v) is 2.71. The molecule has 0 aromatic heterocycles. The van der Waals surface area contributed by atoms with E-state index >= 15 is 0 Å². The van der Waals surface area contributed by atoms with E-state index in [4.69, 9.17) is 27.9 Å². The van der Waals surface area contributed by atoms with Gasteiger partial charge in [-0.15, -0.1) is 23.2 Å². The molecule has 1 saturated carbocycles. The topological polar surface area (TPSA) is 58.6 Å². The molecule has 0 unspecified atom stereocenters. The highest BCUT2D eigenvalue weighted by Crippen LogP contribution is 2.63. The number of nitrogens with one attached hydrogen (secondary N) is 1. The van der Waals surface area contributed by atoms with Gasteiger partial charge in [-0.3, -0.25) is 4.79 Å². The first-order valence-corrected chi connectivity index (χ1v) is 7.54. The van der Waals surface area contributed by atoms with Crippen molar-refractivity contribution in [3.63, 3.8) is 0 Å². The highest BCUT2D eigenvalue weighted by molar-refractivity contribution is 6.53. The number of amides is 1. The Morgan fingerprint density at radius 2 is 2.19 bits per heavy atom. The molecule has 0 saturated heterocycles. The third-order valence-corrected chi connectivity index (χ3v) is 4.79. The van der Waals surface area contributed by atoms with Crippen molar-refractivity contribution in [1.82, 2.24) is 5.32 Å². The van der Waals surface area contributed by atoms with Crippen LogP contribution < -0.4 is 10.1 Å². The van der Waals surface area contributed by atoms with Crippen LogP contribution in [0.3, 0.4) is 0 Å². The summed E-state index contributed by atoms with van der Waals surface area (Å²) in [4.78, 5) is 11.9. The lowest BCUT2D eigenvalue weighted by molar-refractivity contribution is -0.126. The molecule has 21 heavy (non-hydrogen) atoms. The zero-order chi connectivity index (χ0) is 15.7. The molecule has 2 rings (SSSR count). The maximum atomic E-state index is 11.9. The SMILES string of the molecule is Cc1cccc(OC[C@@H](O)CNC(=O)[C@@]2(C)CC2(Cl)Cl)c1. The molecule has 0 heterocycles. The van der Waals surface area contributed by atoms with E-state index in [9.17, 15) is 9.90 Å². The van der Waals surface area contributed by atoms with Crippen molar-refractivity contribution >= 4 is 29.1 Å². The standard InChI is InChI=1S/C15H19Cl2NO3/c1-10-4-3-5-12(6-10)21-8-11(19)7-18-13(20)14(2)9-15(14,16)17/h3-6,11,19H,7-9H2,1-2H3,(H,18,20)/t11-,14+/m0/s1. The Morgan fingerprint density at radius 1 is 1.52 bits per heavy atom. The van der Waals surface area contributed by atoms with Gasteiger partial charge in [-0.2, -0.15) is 0 Å². The van der Waals surface area contributed by atoms with Gasteiger partial charge in [-0.05, 0) is 38.0 Å². The van der Waals surface area contributed by atoms with Crippen LogP contribution in [0, 0.1) is 12.3 Å². The largest absolute Gasteiger partial charge is 0.491 e. The number of aliphatic hydroxyl groups is 1. The van der Waals surface area contributed by atoms with Gasteiger partial charge in [0.2, 0.25) is 5.91 Å². The molecule has 2 atom stereocenters. The average Bonchev–Trinajstić information content (AvgIpc) is 2.94. The van der Waals surface area contributed by atoms with Crippen molar-refractivity contribution in [2.45, 2.75) is 30.7 Å². The van der Waals surface area contributed by atoms with Gasteiger partial charge in [0.25, 0.3) is 0 Å². The van der Waals surface area contributed by atoms with Gasteiger partial charge in [-0.1, -0.05) is 12.1 Å². The zero-order valence-electron chi connectivity index (χ0n) is 12.0. The number of carbonyl (C=O) groups excluding carboxylic acids is 1. The molecule has 1 amide bonds. The van der Waals surface area contributed by atoms with Crippen LogP contribution >= 0.6 is 23.2 Å². The summed E-state index contributed by atoms with van der Waals surface area (Å²) in [5.74, 6) is 0.442. The maximum absolute atomic E-state index is 11.9. The van der Waals surface area contributed by atoms with Crippen LogP contribution in [0.15, 0.2) is 24.3 Å².